The lowest BCUT2D eigenvalue weighted by Crippen LogP contribution is -2.33. The van der Waals surface area contributed by atoms with Crippen molar-refractivity contribution in [2.45, 2.75) is 6.54 Å². The molecule has 1 fully saturated rings. The highest BCUT2D eigenvalue weighted by Crippen LogP contribution is 2.26. The Balaban J connectivity index is 2.23. The number of hydrogen-bond acceptors (Lipinski definition) is 3. The fraction of sp³-hybridized carbons (Fsp3) is 0.500. The molecule has 0 atom stereocenters. The predicted molar refractivity (Wildman–Crippen MR) is 73.8 cm³/mol. The quantitative estimate of drug-likeness (QED) is 0.895. The van der Waals surface area contributed by atoms with Gasteiger partial charge in [-0.05, 0) is 30.8 Å². The van der Waals surface area contributed by atoms with E-state index >= 15 is 0 Å². The highest BCUT2D eigenvalue weighted by atomic mass is 35.5. The third kappa shape index (κ3) is 2.84. The minimum atomic E-state index is 0.820. The summed E-state index contributed by atoms with van der Waals surface area (Å²) in [5.41, 5.74) is 2.63. The van der Waals surface area contributed by atoms with E-state index in [1.54, 1.807) is 0 Å². The molecule has 0 aliphatic carbocycles. The fourth-order valence-electron chi connectivity index (χ4n) is 2.00. The molecule has 1 saturated heterocycles. The Bertz CT molecular complexity index is 351. The smallest absolute Gasteiger partial charge is 0.0413 e. The third-order valence-electron chi connectivity index (χ3n) is 2.76. The molecule has 1 heterocycles. The van der Waals surface area contributed by atoms with Gasteiger partial charge in [0.25, 0.3) is 0 Å². The van der Waals surface area contributed by atoms with Crippen LogP contribution in [0.1, 0.15) is 5.56 Å². The molecule has 0 saturated carbocycles. The lowest BCUT2D eigenvalue weighted by molar-refractivity contribution is 0.794. The zero-order valence-corrected chi connectivity index (χ0v) is 11.1. The lowest BCUT2D eigenvalue weighted by Gasteiger charge is -2.30. The zero-order valence-electron chi connectivity index (χ0n) is 9.50. The topological polar surface area (TPSA) is 15.3 Å². The molecule has 0 unspecified atom stereocenters. The largest absolute Gasteiger partial charge is 0.370 e. The van der Waals surface area contributed by atoms with Crippen LogP contribution in [0.25, 0.3) is 0 Å². The van der Waals surface area contributed by atoms with Crippen molar-refractivity contribution in [3.63, 3.8) is 0 Å². The first-order valence-corrected chi connectivity index (χ1v) is 7.10. The van der Waals surface area contributed by atoms with E-state index < -0.39 is 0 Å². The van der Waals surface area contributed by atoms with Gasteiger partial charge in [0.2, 0.25) is 0 Å². The molecule has 0 amide bonds. The Labute approximate surface area is 106 Å². The standard InChI is InChI=1S/C12H17ClN2S/c1-14-9-10-8-11(13)2-3-12(10)15-4-6-16-7-5-15/h2-3,8,14H,4-7,9H2,1H3. The lowest BCUT2D eigenvalue weighted by atomic mass is 10.1. The van der Waals surface area contributed by atoms with Crippen molar-refractivity contribution < 1.29 is 0 Å². The summed E-state index contributed by atoms with van der Waals surface area (Å²) >= 11 is 8.07. The number of anilines is 1. The molecular weight excluding hydrogens is 240 g/mol. The molecule has 1 aromatic rings. The van der Waals surface area contributed by atoms with E-state index in [0.717, 1.165) is 24.7 Å². The van der Waals surface area contributed by atoms with Gasteiger partial charge in [0.15, 0.2) is 0 Å². The Morgan fingerprint density at radius 1 is 1.38 bits per heavy atom. The van der Waals surface area contributed by atoms with Crippen LogP contribution in [-0.4, -0.2) is 31.6 Å². The van der Waals surface area contributed by atoms with Crippen molar-refractivity contribution in [1.29, 1.82) is 0 Å². The molecule has 1 aromatic carbocycles. The first-order chi connectivity index (χ1) is 7.81. The summed E-state index contributed by atoms with van der Waals surface area (Å²) in [6, 6.07) is 6.19. The minimum Gasteiger partial charge on any atom is -0.370 e. The van der Waals surface area contributed by atoms with Crippen molar-refractivity contribution >= 4 is 29.1 Å². The van der Waals surface area contributed by atoms with Crippen LogP contribution >= 0.6 is 23.4 Å². The average molecular weight is 257 g/mol. The molecule has 2 rings (SSSR count). The van der Waals surface area contributed by atoms with Crippen LogP contribution in [0.15, 0.2) is 18.2 Å². The van der Waals surface area contributed by atoms with Crippen LogP contribution in [0.3, 0.4) is 0 Å². The van der Waals surface area contributed by atoms with Crippen molar-refractivity contribution in [3.05, 3.63) is 28.8 Å². The second-order valence-corrected chi connectivity index (χ2v) is 5.56. The van der Waals surface area contributed by atoms with E-state index in [1.165, 1.54) is 22.8 Å². The van der Waals surface area contributed by atoms with E-state index in [9.17, 15) is 0 Å². The van der Waals surface area contributed by atoms with Gasteiger partial charge in [-0.25, -0.2) is 0 Å². The van der Waals surface area contributed by atoms with Gasteiger partial charge in [0.1, 0.15) is 0 Å². The zero-order chi connectivity index (χ0) is 11.4. The van der Waals surface area contributed by atoms with Gasteiger partial charge in [-0.1, -0.05) is 11.6 Å². The normalized spacial score (nSPS) is 16.5. The predicted octanol–water partition coefficient (Wildman–Crippen LogP) is 2.61. The van der Waals surface area contributed by atoms with Crippen LogP contribution in [0.2, 0.25) is 5.02 Å². The maximum atomic E-state index is 6.04. The fourth-order valence-corrected chi connectivity index (χ4v) is 3.10. The summed E-state index contributed by atoms with van der Waals surface area (Å²) in [5, 5.41) is 4.02. The number of halogens is 1. The molecule has 0 spiro atoms. The van der Waals surface area contributed by atoms with Crippen molar-refractivity contribution in [2.75, 3.05) is 36.5 Å². The number of rotatable bonds is 3. The Hall–Kier alpha value is -0.380. The highest BCUT2D eigenvalue weighted by Gasteiger charge is 2.14. The van der Waals surface area contributed by atoms with Gasteiger partial charge in [-0.2, -0.15) is 11.8 Å². The molecule has 1 N–H and O–H groups in total. The molecule has 0 aromatic heterocycles. The molecule has 0 radical (unpaired) electrons. The summed E-state index contributed by atoms with van der Waals surface area (Å²) in [6.45, 7) is 3.16. The van der Waals surface area contributed by atoms with Gasteiger partial charge in [0, 0.05) is 41.8 Å². The maximum absolute atomic E-state index is 6.04. The first-order valence-electron chi connectivity index (χ1n) is 5.57. The molecular formula is C12H17ClN2S. The Morgan fingerprint density at radius 3 is 2.81 bits per heavy atom. The Kier molecular flexibility index (Phi) is 4.38. The molecule has 2 nitrogen and oxygen atoms in total. The molecule has 88 valence electrons. The summed E-state index contributed by atoms with van der Waals surface area (Å²) in [5.74, 6) is 2.45. The van der Waals surface area contributed by atoms with Gasteiger partial charge >= 0.3 is 0 Å². The highest BCUT2D eigenvalue weighted by molar-refractivity contribution is 7.99. The number of benzene rings is 1. The van der Waals surface area contributed by atoms with Crippen LogP contribution in [0.4, 0.5) is 5.69 Å². The van der Waals surface area contributed by atoms with Crippen LogP contribution < -0.4 is 10.2 Å². The van der Waals surface area contributed by atoms with Gasteiger partial charge < -0.3 is 10.2 Å². The summed E-state index contributed by atoms with van der Waals surface area (Å²) in [7, 11) is 1.97. The number of hydrogen-bond donors (Lipinski definition) is 1. The van der Waals surface area contributed by atoms with E-state index in [0.29, 0.717) is 0 Å². The summed E-state index contributed by atoms with van der Waals surface area (Å²) in [4.78, 5) is 2.46. The molecule has 4 heteroatoms. The van der Waals surface area contributed by atoms with E-state index in [4.69, 9.17) is 11.6 Å². The van der Waals surface area contributed by atoms with E-state index in [2.05, 4.69) is 22.3 Å². The Morgan fingerprint density at radius 2 is 2.12 bits per heavy atom. The van der Waals surface area contributed by atoms with Gasteiger partial charge in [0.05, 0.1) is 0 Å². The van der Waals surface area contributed by atoms with Crippen molar-refractivity contribution in [1.82, 2.24) is 5.32 Å². The van der Waals surface area contributed by atoms with Crippen LogP contribution in [0, 0.1) is 0 Å². The number of nitrogens with zero attached hydrogens (tertiary/aromatic N) is 1. The molecule has 1 aliphatic rings. The van der Waals surface area contributed by atoms with Gasteiger partial charge in [-0.3, -0.25) is 0 Å². The monoisotopic (exact) mass is 256 g/mol. The van der Waals surface area contributed by atoms with Crippen molar-refractivity contribution in [3.8, 4) is 0 Å². The number of nitrogens with one attached hydrogen (secondary N) is 1. The summed E-state index contributed by atoms with van der Waals surface area (Å²) < 4.78 is 0. The first kappa shape index (κ1) is 12.1. The second-order valence-electron chi connectivity index (χ2n) is 3.90. The number of thioether (sulfide) groups is 1. The minimum absolute atomic E-state index is 0.820. The SMILES string of the molecule is CNCc1cc(Cl)ccc1N1CCSCC1. The average Bonchev–Trinajstić information content (AvgIpc) is 2.31. The van der Waals surface area contributed by atoms with E-state index in [1.807, 2.05) is 24.9 Å². The maximum Gasteiger partial charge on any atom is 0.0413 e. The van der Waals surface area contributed by atoms with Crippen molar-refractivity contribution in [2.24, 2.45) is 0 Å². The second kappa shape index (κ2) is 5.80. The molecule has 0 bridgehead atoms. The van der Waals surface area contributed by atoms with Gasteiger partial charge in [-0.15, -0.1) is 0 Å². The van der Waals surface area contributed by atoms with E-state index in [-0.39, 0.29) is 0 Å². The van der Waals surface area contributed by atoms with Crippen LogP contribution in [0.5, 0.6) is 0 Å². The van der Waals surface area contributed by atoms with Crippen LogP contribution in [-0.2, 0) is 6.54 Å². The molecule has 1 aliphatic heterocycles. The molecule has 16 heavy (non-hydrogen) atoms. The summed E-state index contributed by atoms with van der Waals surface area (Å²) in [6.07, 6.45) is 0. The third-order valence-corrected chi connectivity index (χ3v) is 3.94.